The first-order chi connectivity index (χ1) is 14.0. The van der Waals surface area contributed by atoms with Crippen molar-refractivity contribution < 1.29 is 4.79 Å². The van der Waals surface area contributed by atoms with E-state index < -0.39 is 0 Å². The lowest BCUT2D eigenvalue weighted by Gasteiger charge is -2.35. The summed E-state index contributed by atoms with van der Waals surface area (Å²) in [5.41, 5.74) is 0.889. The van der Waals surface area contributed by atoms with E-state index in [1.54, 1.807) is 15.7 Å². The Balaban J connectivity index is 0.00000171. The molecule has 31 heavy (non-hydrogen) atoms. The van der Waals surface area contributed by atoms with Crippen LogP contribution in [-0.4, -0.2) is 59.6 Å². The van der Waals surface area contributed by atoms with E-state index in [4.69, 9.17) is 11.6 Å². The van der Waals surface area contributed by atoms with E-state index >= 15 is 0 Å². The number of amides is 1. The second-order valence-corrected chi connectivity index (χ2v) is 8.12. The molecule has 2 aromatic rings. The van der Waals surface area contributed by atoms with E-state index in [9.17, 15) is 9.59 Å². The molecule has 2 saturated heterocycles. The number of hydrogen-bond donors (Lipinski definition) is 1. The summed E-state index contributed by atoms with van der Waals surface area (Å²) in [6.45, 7) is 6.11. The minimum atomic E-state index is -0.167. The van der Waals surface area contributed by atoms with E-state index in [2.05, 4.69) is 15.2 Å². The molecule has 170 valence electrons. The molecular weight excluding hydrogens is 461 g/mol. The molecule has 2 aromatic heterocycles. The molecule has 0 atom stereocenters. The predicted molar refractivity (Wildman–Crippen MR) is 128 cm³/mol. The number of nitrogens with zero attached hydrogens (tertiary/aromatic N) is 4. The molecule has 0 saturated carbocycles. The van der Waals surface area contributed by atoms with Crippen LogP contribution in [0.1, 0.15) is 34.8 Å². The average Bonchev–Trinajstić information content (AvgIpc) is 2.75. The second kappa shape index (κ2) is 11.2. The van der Waals surface area contributed by atoms with Crippen LogP contribution in [0.2, 0.25) is 5.02 Å². The molecule has 2 aliphatic rings. The van der Waals surface area contributed by atoms with Crippen LogP contribution in [0.3, 0.4) is 0 Å². The van der Waals surface area contributed by atoms with Gasteiger partial charge in [-0.1, -0.05) is 11.6 Å². The summed E-state index contributed by atoms with van der Waals surface area (Å²) in [7, 11) is 0. The van der Waals surface area contributed by atoms with Crippen molar-refractivity contribution in [3.05, 3.63) is 57.1 Å². The summed E-state index contributed by atoms with van der Waals surface area (Å²) in [5.74, 6) is 0.685. The van der Waals surface area contributed by atoms with E-state index in [0.717, 1.165) is 37.3 Å². The van der Waals surface area contributed by atoms with Crippen molar-refractivity contribution in [3.8, 4) is 0 Å². The van der Waals surface area contributed by atoms with Crippen LogP contribution < -0.4 is 15.8 Å². The Hall–Kier alpha value is -1.80. The summed E-state index contributed by atoms with van der Waals surface area (Å²) >= 11 is 5.91. The average molecular weight is 489 g/mol. The molecule has 0 aromatic carbocycles. The highest BCUT2D eigenvalue weighted by atomic mass is 35.5. The molecule has 10 heteroatoms. The van der Waals surface area contributed by atoms with Gasteiger partial charge in [-0.05, 0) is 56.6 Å². The number of piperazine rings is 1. The fourth-order valence-corrected chi connectivity index (χ4v) is 4.24. The van der Waals surface area contributed by atoms with Gasteiger partial charge in [-0.25, -0.2) is 4.98 Å². The molecule has 0 spiro atoms. The van der Waals surface area contributed by atoms with Gasteiger partial charge in [0.15, 0.2) is 0 Å². The Kier molecular flexibility index (Phi) is 9.18. The van der Waals surface area contributed by atoms with Crippen molar-refractivity contribution in [3.63, 3.8) is 0 Å². The Labute approximate surface area is 199 Å². The number of rotatable bonds is 3. The van der Waals surface area contributed by atoms with E-state index in [1.807, 2.05) is 31.3 Å². The largest absolute Gasteiger partial charge is 0.353 e. The molecule has 7 nitrogen and oxygen atoms in total. The number of pyridine rings is 2. The van der Waals surface area contributed by atoms with Gasteiger partial charge in [0.1, 0.15) is 11.4 Å². The third kappa shape index (κ3) is 5.52. The molecule has 4 heterocycles. The fourth-order valence-electron chi connectivity index (χ4n) is 4.13. The summed E-state index contributed by atoms with van der Waals surface area (Å²) in [4.78, 5) is 34.6. The normalized spacial score (nSPS) is 17.0. The van der Waals surface area contributed by atoms with Gasteiger partial charge < -0.3 is 19.7 Å². The zero-order chi connectivity index (χ0) is 20.4. The Bertz CT molecular complexity index is 937. The van der Waals surface area contributed by atoms with E-state index in [-0.39, 0.29) is 42.3 Å². The quantitative estimate of drug-likeness (QED) is 0.719. The van der Waals surface area contributed by atoms with Crippen LogP contribution in [0.4, 0.5) is 5.82 Å². The fraction of sp³-hybridized carbons (Fsp3) is 0.476. The number of carbonyl (C=O) groups is 1. The van der Waals surface area contributed by atoms with E-state index in [0.29, 0.717) is 36.8 Å². The lowest BCUT2D eigenvalue weighted by Crippen LogP contribution is -2.50. The lowest BCUT2D eigenvalue weighted by molar-refractivity contribution is 0.0743. The van der Waals surface area contributed by atoms with Crippen molar-refractivity contribution >= 4 is 48.1 Å². The molecular formula is C21H28Cl3N5O2. The number of nitrogens with one attached hydrogen (secondary N) is 1. The van der Waals surface area contributed by atoms with Gasteiger partial charge in [-0.3, -0.25) is 9.59 Å². The summed E-state index contributed by atoms with van der Waals surface area (Å²) in [5, 5.41) is 3.92. The minimum absolute atomic E-state index is 0. The highest BCUT2D eigenvalue weighted by Crippen LogP contribution is 2.19. The molecule has 0 aliphatic carbocycles. The van der Waals surface area contributed by atoms with Crippen LogP contribution >= 0.6 is 36.4 Å². The monoisotopic (exact) mass is 487 g/mol. The van der Waals surface area contributed by atoms with Gasteiger partial charge in [0, 0.05) is 44.6 Å². The van der Waals surface area contributed by atoms with Crippen molar-refractivity contribution in [1.29, 1.82) is 0 Å². The Morgan fingerprint density at radius 2 is 1.77 bits per heavy atom. The van der Waals surface area contributed by atoms with E-state index in [1.165, 1.54) is 0 Å². The molecule has 0 unspecified atom stereocenters. The van der Waals surface area contributed by atoms with Crippen molar-refractivity contribution in [2.45, 2.75) is 25.8 Å². The maximum Gasteiger partial charge on any atom is 0.263 e. The lowest BCUT2D eigenvalue weighted by atomic mass is 10.0. The van der Waals surface area contributed by atoms with Gasteiger partial charge in [0.05, 0.1) is 5.02 Å². The third-order valence-corrected chi connectivity index (χ3v) is 6.07. The number of halogens is 3. The summed E-state index contributed by atoms with van der Waals surface area (Å²) in [6, 6.07) is 5.75. The molecule has 1 amide bonds. The molecule has 0 radical (unpaired) electrons. The molecule has 2 fully saturated rings. The highest BCUT2D eigenvalue weighted by Gasteiger charge is 2.27. The van der Waals surface area contributed by atoms with Gasteiger partial charge in [0.2, 0.25) is 0 Å². The number of piperidine rings is 1. The Morgan fingerprint density at radius 3 is 2.39 bits per heavy atom. The number of hydrogen-bond acceptors (Lipinski definition) is 5. The SMILES string of the molecule is Cc1ccn(C2CCNCC2)c(=O)c1C(=O)N1CCN(c2ccc(Cl)cn2)CC1.Cl.Cl. The standard InChI is InChI=1S/C21H26ClN5O2.2ClH/c1-15-6-9-27(17-4-7-23-8-5-17)21(29)19(15)20(28)26-12-10-25(11-13-26)18-3-2-16(22)14-24-18;;/h2-3,6,9,14,17,23H,4-5,7-8,10-13H2,1H3;2*1H. The van der Waals surface area contributed by atoms with Crippen molar-refractivity contribution in [2.24, 2.45) is 0 Å². The highest BCUT2D eigenvalue weighted by molar-refractivity contribution is 6.30. The first kappa shape index (κ1) is 25.5. The predicted octanol–water partition coefficient (Wildman–Crippen LogP) is 2.94. The third-order valence-electron chi connectivity index (χ3n) is 5.85. The number of anilines is 1. The molecule has 4 rings (SSSR count). The van der Waals surface area contributed by atoms with Crippen molar-refractivity contribution in [2.75, 3.05) is 44.2 Å². The van der Waals surface area contributed by atoms with Gasteiger partial charge >= 0.3 is 0 Å². The number of carbonyl (C=O) groups excluding carboxylic acids is 1. The van der Waals surface area contributed by atoms with Crippen molar-refractivity contribution in [1.82, 2.24) is 19.8 Å². The molecule has 2 aliphatic heterocycles. The summed E-state index contributed by atoms with van der Waals surface area (Å²) < 4.78 is 1.76. The van der Waals surface area contributed by atoms with Gasteiger partial charge in [0.25, 0.3) is 11.5 Å². The molecule has 0 bridgehead atoms. The summed E-state index contributed by atoms with van der Waals surface area (Å²) in [6.07, 6.45) is 5.28. The second-order valence-electron chi connectivity index (χ2n) is 7.68. The zero-order valence-corrected chi connectivity index (χ0v) is 19.8. The van der Waals surface area contributed by atoms with Crippen LogP contribution in [0.15, 0.2) is 35.4 Å². The minimum Gasteiger partial charge on any atom is -0.353 e. The zero-order valence-electron chi connectivity index (χ0n) is 17.4. The number of aromatic nitrogens is 2. The first-order valence-corrected chi connectivity index (χ1v) is 10.5. The smallest absolute Gasteiger partial charge is 0.263 e. The van der Waals surface area contributed by atoms with Gasteiger partial charge in [-0.2, -0.15) is 0 Å². The van der Waals surface area contributed by atoms with Crippen LogP contribution in [0.5, 0.6) is 0 Å². The topological polar surface area (TPSA) is 70.5 Å². The Morgan fingerprint density at radius 1 is 1.10 bits per heavy atom. The van der Waals surface area contributed by atoms with Crippen LogP contribution in [0.25, 0.3) is 0 Å². The van der Waals surface area contributed by atoms with Crippen LogP contribution in [0, 0.1) is 6.92 Å². The maximum absolute atomic E-state index is 13.2. The number of aryl methyl sites for hydroxylation is 1. The van der Waals surface area contributed by atoms with Gasteiger partial charge in [-0.15, -0.1) is 24.8 Å². The molecule has 1 N–H and O–H groups in total. The first-order valence-electron chi connectivity index (χ1n) is 10.1. The van der Waals surface area contributed by atoms with Crippen LogP contribution in [-0.2, 0) is 0 Å². The maximum atomic E-state index is 13.2.